The molecule has 1 aromatic heterocycles. The van der Waals surface area contributed by atoms with Crippen LogP contribution in [0.2, 0.25) is 5.02 Å². The highest BCUT2D eigenvalue weighted by molar-refractivity contribution is 6.30. The van der Waals surface area contributed by atoms with Crippen molar-refractivity contribution >= 4 is 17.6 Å². The van der Waals surface area contributed by atoms with Gasteiger partial charge in [-0.25, -0.2) is 19.2 Å². The molecule has 0 radical (unpaired) electrons. The van der Waals surface area contributed by atoms with E-state index in [1.165, 1.54) is 6.07 Å². The highest BCUT2D eigenvalue weighted by atomic mass is 35.5. The number of halogens is 2. The number of nitrogens with zero attached hydrogens (tertiary/aromatic N) is 3. The zero-order valence-electron chi connectivity index (χ0n) is 19.6. The number of carbonyl (C=O) groups excluding carboxylic acids is 1. The van der Waals surface area contributed by atoms with E-state index in [1.54, 1.807) is 17.0 Å². The van der Waals surface area contributed by atoms with Gasteiger partial charge in [-0.1, -0.05) is 17.7 Å². The van der Waals surface area contributed by atoms with E-state index in [0.29, 0.717) is 44.1 Å². The van der Waals surface area contributed by atoms with Crippen molar-refractivity contribution in [2.45, 2.75) is 44.4 Å². The molecule has 2 aromatic rings. The minimum Gasteiger partial charge on any atom is -0.381 e. The number of aromatic nitrogens is 2. The molecule has 0 bridgehead atoms. The van der Waals surface area contributed by atoms with Gasteiger partial charge in [0.05, 0.1) is 36.0 Å². The third kappa shape index (κ3) is 5.91. The number of morpholine rings is 1. The standard InChI is InChI=1S/C25H31ClFN5O3/c26-19-12-17(1-2-20(19)27)24(22-14-28-6-10-35-22)31-25(33)32-7-3-18-13-29-23(30-21(18)15-32)11-16-4-8-34-9-5-16/h1-2,12-13,16,22,24,28H,3-11,14-15H2,(H,31,33)/t22-,24+/m0/s1. The molecule has 3 aliphatic heterocycles. The first-order chi connectivity index (χ1) is 17.1. The summed E-state index contributed by atoms with van der Waals surface area (Å²) in [5, 5.41) is 6.43. The molecule has 2 N–H and O–H groups in total. The van der Waals surface area contributed by atoms with Gasteiger partial charge in [-0.2, -0.15) is 0 Å². The Bertz CT molecular complexity index is 1050. The Morgan fingerprint density at radius 2 is 2.17 bits per heavy atom. The van der Waals surface area contributed by atoms with E-state index < -0.39 is 11.9 Å². The lowest BCUT2D eigenvalue weighted by Crippen LogP contribution is -2.51. The number of rotatable bonds is 5. The summed E-state index contributed by atoms with van der Waals surface area (Å²) in [5.41, 5.74) is 2.70. The van der Waals surface area contributed by atoms with Gasteiger partial charge in [-0.3, -0.25) is 0 Å². The molecule has 0 aliphatic carbocycles. The molecule has 0 saturated carbocycles. The molecule has 8 nitrogen and oxygen atoms in total. The average molecular weight is 504 g/mol. The van der Waals surface area contributed by atoms with Crippen molar-refractivity contribution in [3.8, 4) is 0 Å². The molecule has 5 rings (SSSR count). The Balaban J connectivity index is 1.29. The molecule has 2 atom stereocenters. The highest BCUT2D eigenvalue weighted by Crippen LogP contribution is 2.26. The Kier molecular flexibility index (Phi) is 7.77. The van der Waals surface area contributed by atoms with Crippen LogP contribution in [0.5, 0.6) is 0 Å². The van der Waals surface area contributed by atoms with Gasteiger partial charge in [-0.15, -0.1) is 0 Å². The summed E-state index contributed by atoms with van der Waals surface area (Å²) in [6, 6.07) is 3.84. The number of hydrogen-bond acceptors (Lipinski definition) is 6. The maximum absolute atomic E-state index is 13.8. The third-order valence-electron chi connectivity index (χ3n) is 7.00. The van der Waals surface area contributed by atoms with Crippen LogP contribution in [-0.2, 0) is 28.9 Å². The van der Waals surface area contributed by atoms with E-state index in [4.69, 9.17) is 26.1 Å². The first kappa shape index (κ1) is 24.4. The average Bonchev–Trinajstić information content (AvgIpc) is 2.89. The predicted octanol–water partition coefficient (Wildman–Crippen LogP) is 3.04. The summed E-state index contributed by atoms with van der Waals surface area (Å²) in [5.74, 6) is 0.877. The van der Waals surface area contributed by atoms with E-state index >= 15 is 0 Å². The van der Waals surface area contributed by atoms with E-state index in [0.717, 1.165) is 56.1 Å². The second-order valence-electron chi connectivity index (χ2n) is 9.40. The molecule has 2 amide bonds. The van der Waals surface area contributed by atoms with Gasteiger partial charge in [0.2, 0.25) is 0 Å². The van der Waals surface area contributed by atoms with Crippen molar-refractivity contribution in [1.82, 2.24) is 25.5 Å². The van der Waals surface area contributed by atoms with Crippen LogP contribution in [0.3, 0.4) is 0 Å². The maximum Gasteiger partial charge on any atom is 0.318 e. The quantitative estimate of drug-likeness (QED) is 0.652. The number of ether oxygens (including phenoxy) is 2. The molecular formula is C25H31ClFN5O3. The first-order valence-electron chi connectivity index (χ1n) is 12.3. The summed E-state index contributed by atoms with van der Waals surface area (Å²) in [4.78, 5) is 24.5. The SMILES string of the molecule is O=C(N[C@H](c1ccc(F)c(Cl)c1)[C@@H]1CNCCO1)N1CCc2cnc(CC3CCOCC3)nc2C1. The molecule has 1 aromatic carbocycles. The van der Waals surface area contributed by atoms with Gasteiger partial charge < -0.3 is 25.0 Å². The highest BCUT2D eigenvalue weighted by Gasteiger charge is 2.31. The van der Waals surface area contributed by atoms with Gasteiger partial charge in [0.25, 0.3) is 0 Å². The predicted molar refractivity (Wildman–Crippen MR) is 129 cm³/mol. The Labute approximate surface area is 209 Å². The van der Waals surface area contributed by atoms with Crippen molar-refractivity contribution in [2.24, 2.45) is 5.92 Å². The molecule has 2 fully saturated rings. The van der Waals surface area contributed by atoms with Crippen molar-refractivity contribution in [3.63, 3.8) is 0 Å². The van der Waals surface area contributed by atoms with Gasteiger partial charge in [-0.05, 0) is 48.4 Å². The van der Waals surface area contributed by atoms with Crippen LogP contribution in [0.15, 0.2) is 24.4 Å². The second-order valence-corrected chi connectivity index (χ2v) is 9.81. The summed E-state index contributed by atoms with van der Waals surface area (Å²) in [6.07, 6.45) is 5.22. The van der Waals surface area contributed by atoms with Crippen LogP contribution >= 0.6 is 11.6 Å². The summed E-state index contributed by atoms with van der Waals surface area (Å²) in [7, 11) is 0. The minimum absolute atomic E-state index is 0.0196. The number of hydrogen-bond donors (Lipinski definition) is 2. The summed E-state index contributed by atoms with van der Waals surface area (Å²) in [6.45, 7) is 4.45. The van der Waals surface area contributed by atoms with Crippen molar-refractivity contribution in [2.75, 3.05) is 39.5 Å². The number of urea groups is 1. The second kappa shape index (κ2) is 11.2. The lowest BCUT2D eigenvalue weighted by molar-refractivity contribution is 0.00492. The van der Waals surface area contributed by atoms with Crippen LogP contribution in [0.4, 0.5) is 9.18 Å². The van der Waals surface area contributed by atoms with E-state index in [2.05, 4.69) is 15.6 Å². The Morgan fingerprint density at radius 3 is 2.94 bits per heavy atom. The van der Waals surface area contributed by atoms with Crippen LogP contribution in [0.25, 0.3) is 0 Å². The number of nitrogens with one attached hydrogen (secondary N) is 2. The van der Waals surface area contributed by atoms with Crippen molar-refractivity contribution in [1.29, 1.82) is 0 Å². The Hall–Kier alpha value is -2.33. The summed E-state index contributed by atoms with van der Waals surface area (Å²) >= 11 is 6.05. The van der Waals surface area contributed by atoms with Crippen molar-refractivity contribution in [3.05, 3.63) is 57.9 Å². The lowest BCUT2D eigenvalue weighted by atomic mass is 9.96. The zero-order chi connectivity index (χ0) is 24.2. The van der Waals surface area contributed by atoms with Gasteiger partial charge >= 0.3 is 6.03 Å². The van der Waals surface area contributed by atoms with E-state index in [9.17, 15) is 9.18 Å². The van der Waals surface area contributed by atoms with Crippen LogP contribution in [-0.4, -0.2) is 66.5 Å². The summed E-state index contributed by atoms with van der Waals surface area (Å²) < 4.78 is 25.2. The number of fused-ring (bicyclic) bond motifs is 1. The maximum atomic E-state index is 13.8. The number of amides is 2. The normalized spacial score (nSPS) is 21.9. The molecule has 4 heterocycles. The topological polar surface area (TPSA) is 88.6 Å². The van der Waals surface area contributed by atoms with Gasteiger partial charge in [0, 0.05) is 45.5 Å². The molecule has 35 heavy (non-hydrogen) atoms. The number of carbonyl (C=O) groups is 1. The molecule has 0 spiro atoms. The molecule has 2 saturated heterocycles. The van der Waals surface area contributed by atoms with Gasteiger partial charge in [0.15, 0.2) is 0 Å². The Morgan fingerprint density at radius 1 is 1.31 bits per heavy atom. The lowest BCUT2D eigenvalue weighted by Gasteiger charge is -2.35. The fourth-order valence-corrected chi connectivity index (χ4v) is 5.13. The van der Waals surface area contributed by atoms with Crippen molar-refractivity contribution < 1.29 is 18.7 Å². The largest absolute Gasteiger partial charge is 0.381 e. The van der Waals surface area contributed by atoms with E-state index in [-0.39, 0.29) is 17.2 Å². The molecule has 10 heteroatoms. The fourth-order valence-electron chi connectivity index (χ4n) is 4.95. The van der Waals surface area contributed by atoms with Crippen LogP contribution < -0.4 is 10.6 Å². The minimum atomic E-state index is -0.493. The first-order valence-corrected chi connectivity index (χ1v) is 12.7. The molecule has 188 valence electrons. The third-order valence-corrected chi connectivity index (χ3v) is 7.29. The zero-order valence-corrected chi connectivity index (χ0v) is 20.4. The molecule has 0 unspecified atom stereocenters. The fraction of sp³-hybridized carbons (Fsp3) is 0.560. The van der Waals surface area contributed by atoms with Crippen LogP contribution in [0, 0.1) is 11.7 Å². The monoisotopic (exact) mass is 503 g/mol. The smallest absolute Gasteiger partial charge is 0.318 e. The van der Waals surface area contributed by atoms with Crippen LogP contribution in [0.1, 0.15) is 41.5 Å². The molecule has 3 aliphatic rings. The van der Waals surface area contributed by atoms with E-state index in [1.807, 2.05) is 6.20 Å². The number of benzene rings is 1. The van der Waals surface area contributed by atoms with Gasteiger partial charge in [0.1, 0.15) is 11.6 Å². The molecular weight excluding hydrogens is 473 g/mol.